The predicted molar refractivity (Wildman–Crippen MR) is 41.7 cm³/mol. The van der Waals surface area contributed by atoms with Crippen LogP contribution in [0.25, 0.3) is 0 Å². The van der Waals surface area contributed by atoms with E-state index in [4.69, 9.17) is 15.9 Å². The van der Waals surface area contributed by atoms with Gasteiger partial charge in [0.25, 0.3) is 0 Å². The Hall–Kier alpha value is 0.886. The largest absolute Gasteiger partial charge is 1.00 e. The minimum absolute atomic E-state index is 0. The second-order valence-corrected chi connectivity index (χ2v) is 2.88. The Morgan fingerprint density at radius 3 is 2.33 bits per heavy atom. The van der Waals surface area contributed by atoms with Gasteiger partial charge in [-0.05, 0) is 0 Å². The Kier molecular flexibility index (Phi) is 10.9. The zero-order valence-electron chi connectivity index (χ0n) is 7.69. The first-order chi connectivity index (χ1) is 5.04. The average molecular weight is 219 g/mol. The molecule has 0 radical (unpaired) electrons. The number of thioether (sulfide) groups is 1. The standard InChI is InChI=1S/C5H9NO4S.K.H/c6-3(5(9)10)1-11-2-4(7)8;;/h3H,1-2,6H2,(H,7,8)(H,9,10);;/q;+1;-1/t3-;;/m1../s1. The van der Waals surface area contributed by atoms with E-state index in [1.807, 2.05) is 0 Å². The summed E-state index contributed by atoms with van der Waals surface area (Å²) >= 11 is 0.992. The van der Waals surface area contributed by atoms with Gasteiger partial charge in [0.05, 0.1) is 5.75 Å². The second-order valence-electron chi connectivity index (χ2n) is 1.85. The van der Waals surface area contributed by atoms with Gasteiger partial charge in [0.15, 0.2) is 0 Å². The van der Waals surface area contributed by atoms with Gasteiger partial charge in [-0.1, -0.05) is 0 Å². The van der Waals surface area contributed by atoms with Crippen LogP contribution in [0.5, 0.6) is 0 Å². The van der Waals surface area contributed by atoms with Gasteiger partial charge < -0.3 is 17.4 Å². The molecule has 0 amide bonds. The van der Waals surface area contributed by atoms with Crippen LogP contribution in [-0.4, -0.2) is 39.7 Å². The fourth-order valence-electron chi connectivity index (χ4n) is 0.344. The Bertz CT molecular complexity index is 171. The molecular formula is C5H10KNO4S. The molecule has 12 heavy (non-hydrogen) atoms. The van der Waals surface area contributed by atoms with Gasteiger partial charge in [-0.2, -0.15) is 0 Å². The van der Waals surface area contributed by atoms with E-state index in [0.717, 1.165) is 11.8 Å². The number of carboxylic acids is 2. The Balaban J connectivity index is -0.000000500. The van der Waals surface area contributed by atoms with Crippen molar-refractivity contribution in [3.05, 3.63) is 0 Å². The third-order valence-electron chi connectivity index (χ3n) is 0.840. The maximum atomic E-state index is 10.1. The number of rotatable bonds is 5. The Labute approximate surface area is 118 Å². The first kappa shape index (κ1) is 15.4. The van der Waals surface area contributed by atoms with Crippen LogP contribution in [0.4, 0.5) is 0 Å². The maximum Gasteiger partial charge on any atom is 1.00 e. The maximum absolute atomic E-state index is 10.1. The molecule has 5 nitrogen and oxygen atoms in total. The van der Waals surface area contributed by atoms with Gasteiger partial charge >= 0.3 is 63.3 Å². The molecule has 66 valence electrons. The van der Waals surface area contributed by atoms with Crippen LogP contribution in [0.1, 0.15) is 1.43 Å². The fourth-order valence-corrected chi connectivity index (χ4v) is 1.03. The first-order valence-electron chi connectivity index (χ1n) is 2.82. The van der Waals surface area contributed by atoms with E-state index in [2.05, 4.69) is 0 Å². The third-order valence-corrected chi connectivity index (χ3v) is 1.89. The number of hydrogen-bond donors (Lipinski definition) is 3. The Morgan fingerprint density at radius 2 is 2.00 bits per heavy atom. The number of carbonyl (C=O) groups is 2. The number of carboxylic acid groups (broad SMARTS) is 2. The zero-order valence-corrected chi connectivity index (χ0v) is 10.6. The molecule has 0 aliphatic carbocycles. The summed E-state index contributed by atoms with van der Waals surface area (Å²) in [5, 5.41) is 16.4. The normalized spacial score (nSPS) is 11.4. The summed E-state index contributed by atoms with van der Waals surface area (Å²) in [7, 11) is 0. The van der Waals surface area contributed by atoms with Crippen molar-refractivity contribution in [3.63, 3.8) is 0 Å². The van der Waals surface area contributed by atoms with Crippen LogP contribution >= 0.6 is 11.8 Å². The molecule has 0 saturated heterocycles. The van der Waals surface area contributed by atoms with Gasteiger partial charge in [0.2, 0.25) is 0 Å². The van der Waals surface area contributed by atoms with E-state index >= 15 is 0 Å². The van der Waals surface area contributed by atoms with Gasteiger partial charge in [-0.3, -0.25) is 9.59 Å². The molecule has 0 aromatic carbocycles. The zero-order chi connectivity index (χ0) is 8.85. The average Bonchev–Trinajstić information content (AvgIpc) is 1.86. The van der Waals surface area contributed by atoms with Crippen LogP contribution in [0.3, 0.4) is 0 Å². The van der Waals surface area contributed by atoms with E-state index in [9.17, 15) is 9.59 Å². The van der Waals surface area contributed by atoms with E-state index in [1.54, 1.807) is 0 Å². The second kappa shape index (κ2) is 8.48. The van der Waals surface area contributed by atoms with Crippen molar-refractivity contribution in [2.75, 3.05) is 11.5 Å². The molecule has 0 bridgehead atoms. The Morgan fingerprint density at radius 1 is 1.50 bits per heavy atom. The van der Waals surface area contributed by atoms with Crippen molar-refractivity contribution in [2.24, 2.45) is 5.73 Å². The van der Waals surface area contributed by atoms with Crippen LogP contribution in [0, 0.1) is 0 Å². The number of nitrogens with two attached hydrogens (primary N) is 1. The monoisotopic (exact) mass is 219 g/mol. The molecule has 0 rings (SSSR count). The van der Waals surface area contributed by atoms with Gasteiger partial charge in [-0.25, -0.2) is 0 Å². The van der Waals surface area contributed by atoms with Crippen molar-refractivity contribution < 1.29 is 72.6 Å². The molecule has 0 heterocycles. The fraction of sp³-hybridized carbons (Fsp3) is 0.600. The minimum atomic E-state index is -1.11. The van der Waals surface area contributed by atoms with E-state index < -0.39 is 18.0 Å². The van der Waals surface area contributed by atoms with Crippen molar-refractivity contribution in [1.29, 1.82) is 0 Å². The molecular weight excluding hydrogens is 209 g/mol. The quantitative estimate of drug-likeness (QED) is 0.412. The molecule has 0 spiro atoms. The molecule has 1 atom stereocenters. The molecule has 0 fully saturated rings. The van der Waals surface area contributed by atoms with Crippen LogP contribution < -0.4 is 57.1 Å². The van der Waals surface area contributed by atoms with E-state index in [-0.39, 0.29) is 64.3 Å². The molecule has 7 heteroatoms. The van der Waals surface area contributed by atoms with Crippen LogP contribution in [-0.2, 0) is 9.59 Å². The van der Waals surface area contributed by atoms with Crippen molar-refractivity contribution >= 4 is 23.7 Å². The molecule has 0 aromatic heterocycles. The summed E-state index contributed by atoms with van der Waals surface area (Å²) in [5.74, 6) is -2.06. The summed E-state index contributed by atoms with van der Waals surface area (Å²) in [5.41, 5.74) is 5.09. The topological polar surface area (TPSA) is 101 Å². The molecule has 0 aromatic rings. The summed E-state index contributed by atoms with van der Waals surface area (Å²) in [6.07, 6.45) is 0. The first-order valence-corrected chi connectivity index (χ1v) is 3.97. The van der Waals surface area contributed by atoms with Crippen molar-refractivity contribution in [1.82, 2.24) is 0 Å². The minimum Gasteiger partial charge on any atom is -1.00 e. The summed E-state index contributed by atoms with van der Waals surface area (Å²) in [4.78, 5) is 20.0. The van der Waals surface area contributed by atoms with Crippen LogP contribution in [0.2, 0.25) is 0 Å². The SMILES string of the molecule is N[C@H](CSCC(=O)O)C(=O)O.[H-].[K+]. The molecule has 0 unspecified atom stereocenters. The summed E-state index contributed by atoms with van der Waals surface area (Å²) in [6.45, 7) is 0. The van der Waals surface area contributed by atoms with E-state index in [0.29, 0.717) is 0 Å². The van der Waals surface area contributed by atoms with Crippen LogP contribution in [0.15, 0.2) is 0 Å². The molecule has 0 aliphatic heterocycles. The van der Waals surface area contributed by atoms with Crippen molar-refractivity contribution in [2.45, 2.75) is 6.04 Å². The van der Waals surface area contributed by atoms with Gasteiger partial charge in [0.1, 0.15) is 6.04 Å². The van der Waals surface area contributed by atoms with E-state index in [1.165, 1.54) is 0 Å². The molecule has 4 N–H and O–H groups in total. The van der Waals surface area contributed by atoms with Gasteiger partial charge in [0, 0.05) is 5.75 Å². The van der Waals surface area contributed by atoms with Gasteiger partial charge in [-0.15, -0.1) is 11.8 Å². The third kappa shape index (κ3) is 8.98. The molecule has 0 saturated carbocycles. The van der Waals surface area contributed by atoms with Crippen molar-refractivity contribution in [3.8, 4) is 0 Å². The number of hydrogen-bond acceptors (Lipinski definition) is 4. The predicted octanol–water partition coefficient (Wildman–Crippen LogP) is -3.67. The summed E-state index contributed by atoms with van der Waals surface area (Å²) < 4.78 is 0. The number of aliphatic carboxylic acids is 2. The smallest absolute Gasteiger partial charge is 1.00 e. The summed E-state index contributed by atoms with van der Waals surface area (Å²) in [6, 6.07) is -0.973. The molecule has 0 aliphatic rings.